The van der Waals surface area contributed by atoms with Gasteiger partial charge in [0.25, 0.3) is 5.91 Å². The van der Waals surface area contributed by atoms with Crippen LogP contribution in [0.1, 0.15) is 20.8 Å². The highest BCUT2D eigenvalue weighted by Gasteiger charge is 2.30. The molecule has 24 heavy (non-hydrogen) atoms. The first-order chi connectivity index (χ1) is 11.6. The Bertz CT molecular complexity index is 853. The van der Waals surface area contributed by atoms with E-state index < -0.39 is 5.91 Å². The van der Waals surface area contributed by atoms with E-state index >= 15 is 0 Å². The molecule has 0 atom stereocenters. The molecule has 1 aliphatic heterocycles. The Labute approximate surface area is 142 Å². The molecule has 1 aliphatic rings. The second kappa shape index (κ2) is 6.29. The number of anilines is 1. The number of fused-ring (bicyclic) bond motifs is 1. The van der Waals surface area contributed by atoms with Crippen LogP contribution in [-0.2, 0) is 0 Å². The third-order valence-corrected chi connectivity index (χ3v) is 4.40. The lowest BCUT2D eigenvalue weighted by atomic mass is 10.1. The number of carbonyl (C=O) groups excluding carboxylic acids is 1. The van der Waals surface area contributed by atoms with Crippen molar-refractivity contribution in [3.8, 4) is 29.1 Å². The van der Waals surface area contributed by atoms with Crippen LogP contribution in [-0.4, -0.2) is 26.9 Å². The van der Waals surface area contributed by atoms with Crippen LogP contribution in [0.3, 0.4) is 0 Å². The van der Waals surface area contributed by atoms with E-state index in [-0.39, 0.29) is 18.1 Å². The zero-order chi connectivity index (χ0) is 17.3. The van der Waals surface area contributed by atoms with E-state index in [1.165, 1.54) is 31.6 Å². The molecule has 8 heteroatoms. The molecule has 7 nitrogen and oxygen atoms in total. The molecule has 0 saturated heterocycles. The molecule has 0 aliphatic carbocycles. The van der Waals surface area contributed by atoms with Gasteiger partial charge in [0, 0.05) is 10.9 Å². The second-order valence-electron chi connectivity index (χ2n) is 4.89. The van der Waals surface area contributed by atoms with E-state index in [0.29, 0.717) is 27.8 Å². The highest BCUT2D eigenvalue weighted by atomic mass is 32.1. The number of nitriles is 1. The van der Waals surface area contributed by atoms with Crippen molar-refractivity contribution < 1.29 is 23.7 Å². The molecule has 1 aromatic heterocycles. The van der Waals surface area contributed by atoms with Crippen LogP contribution in [0.15, 0.2) is 12.1 Å². The van der Waals surface area contributed by atoms with Gasteiger partial charge in [-0.2, -0.15) is 5.26 Å². The number of ether oxygens (including phenoxy) is 4. The fourth-order valence-electron chi connectivity index (χ4n) is 2.40. The number of aryl methyl sites for hydroxylation is 1. The summed E-state index contributed by atoms with van der Waals surface area (Å²) in [7, 11) is 2.92. The van der Waals surface area contributed by atoms with Gasteiger partial charge in [-0.05, 0) is 13.0 Å². The number of carbonyl (C=O) groups is 1. The second-order valence-corrected chi connectivity index (χ2v) is 6.15. The van der Waals surface area contributed by atoms with Gasteiger partial charge in [0.05, 0.1) is 25.3 Å². The lowest BCUT2D eigenvalue weighted by Gasteiger charge is -2.13. The number of rotatable bonds is 4. The lowest BCUT2D eigenvalue weighted by molar-refractivity contribution is 0.102. The Morgan fingerprint density at radius 2 is 2.04 bits per heavy atom. The van der Waals surface area contributed by atoms with E-state index in [9.17, 15) is 4.79 Å². The van der Waals surface area contributed by atoms with E-state index in [4.69, 9.17) is 24.2 Å². The zero-order valence-electron chi connectivity index (χ0n) is 13.3. The molecule has 0 radical (unpaired) electrons. The molecule has 1 aromatic carbocycles. The Morgan fingerprint density at radius 1 is 1.29 bits per heavy atom. The molecule has 0 bridgehead atoms. The highest BCUT2D eigenvalue weighted by molar-refractivity contribution is 7.16. The number of hydrogen-bond donors (Lipinski definition) is 1. The number of amides is 1. The van der Waals surface area contributed by atoms with Crippen LogP contribution >= 0.6 is 11.3 Å². The number of nitrogens with one attached hydrogen (secondary N) is 1. The Kier molecular flexibility index (Phi) is 4.18. The summed E-state index contributed by atoms with van der Waals surface area (Å²) in [5.41, 5.74) is 0.645. The lowest BCUT2D eigenvalue weighted by Crippen LogP contribution is -2.13. The number of nitrogens with zero attached hydrogens (tertiary/aromatic N) is 1. The molecule has 3 rings (SSSR count). The first-order valence-electron chi connectivity index (χ1n) is 6.95. The SMILES string of the molecule is COc1cc(C(=O)Nc2sc(C)cc2C#N)c(OC)c2c1OCO2. The average Bonchev–Trinajstić information content (AvgIpc) is 3.19. The monoisotopic (exact) mass is 346 g/mol. The average molecular weight is 346 g/mol. The topological polar surface area (TPSA) is 89.8 Å². The molecular weight excluding hydrogens is 332 g/mol. The number of hydrogen-bond acceptors (Lipinski definition) is 7. The molecule has 1 N–H and O–H groups in total. The summed E-state index contributed by atoms with van der Waals surface area (Å²) in [5, 5.41) is 12.4. The van der Waals surface area contributed by atoms with E-state index in [1.54, 1.807) is 6.07 Å². The van der Waals surface area contributed by atoms with E-state index in [1.807, 2.05) is 6.92 Å². The summed E-state index contributed by atoms with van der Waals surface area (Å²) in [6, 6.07) is 5.30. The molecule has 0 saturated carbocycles. The highest BCUT2D eigenvalue weighted by Crippen LogP contribution is 2.49. The largest absolute Gasteiger partial charge is 0.493 e. The maximum absolute atomic E-state index is 12.7. The predicted octanol–water partition coefficient (Wildman–Crippen LogP) is 2.93. The first-order valence-corrected chi connectivity index (χ1v) is 7.77. The van der Waals surface area contributed by atoms with Crippen molar-refractivity contribution in [3.05, 3.63) is 28.1 Å². The summed E-state index contributed by atoms with van der Waals surface area (Å²) >= 11 is 1.33. The summed E-state index contributed by atoms with van der Waals surface area (Å²) < 4.78 is 21.3. The van der Waals surface area contributed by atoms with Crippen molar-refractivity contribution in [3.63, 3.8) is 0 Å². The summed E-state index contributed by atoms with van der Waals surface area (Å²) in [5.74, 6) is 0.922. The van der Waals surface area contributed by atoms with Gasteiger partial charge < -0.3 is 24.3 Å². The summed E-state index contributed by atoms with van der Waals surface area (Å²) in [6.45, 7) is 1.89. The van der Waals surface area contributed by atoms with Gasteiger partial charge in [0.15, 0.2) is 11.5 Å². The minimum Gasteiger partial charge on any atom is -0.493 e. The van der Waals surface area contributed by atoms with Crippen LogP contribution < -0.4 is 24.3 Å². The normalized spacial score (nSPS) is 11.8. The number of benzene rings is 1. The number of methoxy groups -OCH3 is 2. The third kappa shape index (κ3) is 2.59. The van der Waals surface area contributed by atoms with Crippen molar-refractivity contribution >= 4 is 22.2 Å². The van der Waals surface area contributed by atoms with E-state index in [0.717, 1.165) is 4.88 Å². The molecule has 0 unspecified atom stereocenters. The third-order valence-electron chi connectivity index (χ3n) is 3.43. The predicted molar refractivity (Wildman–Crippen MR) is 87.4 cm³/mol. The summed E-state index contributed by atoms with van der Waals surface area (Å²) in [6.07, 6.45) is 0. The minimum absolute atomic E-state index is 0.0236. The Balaban J connectivity index is 2.02. The molecular formula is C16H14N2O5S. The standard InChI is InChI=1S/C16H14N2O5S/c1-8-4-9(6-17)16(24-8)18-15(19)10-5-11(20-2)13-14(12(10)21-3)23-7-22-13/h4-5H,7H2,1-3H3,(H,18,19). The quantitative estimate of drug-likeness (QED) is 0.915. The molecule has 0 fully saturated rings. The van der Waals surface area contributed by atoms with Gasteiger partial charge in [0.1, 0.15) is 11.1 Å². The Hall–Kier alpha value is -2.92. The molecule has 2 heterocycles. The van der Waals surface area contributed by atoms with Crippen molar-refractivity contribution in [2.24, 2.45) is 0 Å². The Morgan fingerprint density at radius 3 is 2.71 bits per heavy atom. The van der Waals surface area contributed by atoms with Crippen LogP contribution in [0.5, 0.6) is 23.0 Å². The molecule has 1 amide bonds. The van der Waals surface area contributed by atoms with Crippen LogP contribution in [0, 0.1) is 18.3 Å². The zero-order valence-corrected chi connectivity index (χ0v) is 14.1. The maximum Gasteiger partial charge on any atom is 0.260 e. The molecule has 0 spiro atoms. The van der Waals surface area contributed by atoms with Crippen molar-refractivity contribution in [2.45, 2.75) is 6.92 Å². The van der Waals surface area contributed by atoms with Crippen molar-refractivity contribution in [2.75, 3.05) is 26.3 Å². The van der Waals surface area contributed by atoms with Crippen LogP contribution in [0.25, 0.3) is 0 Å². The fourth-order valence-corrected chi connectivity index (χ4v) is 3.26. The first kappa shape index (κ1) is 16.0. The smallest absolute Gasteiger partial charge is 0.260 e. The van der Waals surface area contributed by atoms with Gasteiger partial charge >= 0.3 is 0 Å². The van der Waals surface area contributed by atoms with E-state index in [2.05, 4.69) is 11.4 Å². The fraction of sp³-hybridized carbons (Fsp3) is 0.250. The van der Waals surface area contributed by atoms with Gasteiger partial charge in [-0.3, -0.25) is 4.79 Å². The van der Waals surface area contributed by atoms with Gasteiger partial charge in [-0.15, -0.1) is 11.3 Å². The van der Waals surface area contributed by atoms with Crippen LogP contribution in [0.2, 0.25) is 0 Å². The van der Waals surface area contributed by atoms with Gasteiger partial charge in [-0.25, -0.2) is 0 Å². The van der Waals surface area contributed by atoms with Crippen LogP contribution in [0.4, 0.5) is 5.00 Å². The summed E-state index contributed by atoms with van der Waals surface area (Å²) in [4.78, 5) is 13.6. The number of thiophene rings is 1. The molecule has 2 aromatic rings. The maximum atomic E-state index is 12.7. The minimum atomic E-state index is -0.429. The van der Waals surface area contributed by atoms with Crippen molar-refractivity contribution in [1.29, 1.82) is 5.26 Å². The van der Waals surface area contributed by atoms with Gasteiger partial charge in [0.2, 0.25) is 18.3 Å². The van der Waals surface area contributed by atoms with Crippen molar-refractivity contribution in [1.82, 2.24) is 0 Å². The van der Waals surface area contributed by atoms with Gasteiger partial charge in [-0.1, -0.05) is 0 Å². The molecule has 124 valence electrons.